The van der Waals surface area contributed by atoms with Gasteiger partial charge in [0.2, 0.25) is 5.91 Å². The highest BCUT2D eigenvalue weighted by atomic mass is 32.1. The highest BCUT2D eigenvalue weighted by Gasteiger charge is 2.22. The molecule has 0 aliphatic carbocycles. The van der Waals surface area contributed by atoms with Gasteiger partial charge in [-0.2, -0.15) is 0 Å². The van der Waals surface area contributed by atoms with Gasteiger partial charge in [-0.25, -0.2) is 4.98 Å². The first-order valence-electron chi connectivity index (χ1n) is 6.99. The number of amides is 1. The van der Waals surface area contributed by atoms with Gasteiger partial charge < -0.3 is 15.5 Å². The minimum Gasteiger partial charge on any atom is -0.399 e. The number of hydrogen-bond donors (Lipinski definition) is 1. The zero-order valence-electron chi connectivity index (χ0n) is 11.7. The van der Waals surface area contributed by atoms with Crippen LogP contribution in [0.2, 0.25) is 0 Å². The Balaban J connectivity index is 1.54. The van der Waals surface area contributed by atoms with Gasteiger partial charge in [-0.3, -0.25) is 4.79 Å². The summed E-state index contributed by atoms with van der Waals surface area (Å²) in [5.41, 5.74) is 7.39. The molecule has 0 saturated carbocycles. The number of anilines is 2. The Hall–Kier alpha value is -2.08. The molecule has 0 bridgehead atoms. The van der Waals surface area contributed by atoms with Crippen molar-refractivity contribution in [3.05, 3.63) is 41.4 Å². The monoisotopic (exact) mass is 302 g/mol. The van der Waals surface area contributed by atoms with E-state index in [0.717, 1.165) is 42.6 Å². The molecule has 1 aromatic carbocycles. The first kappa shape index (κ1) is 13.9. The third-order valence-corrected chi connectivity index (χ3v) is 4.49. The SMILES string of the molecule is Nc1ccc(CC(=O)N2CCN(c3nccs3)CC2)cc1. The van der Waals surface area contributed by atoms with E-state index in [9.17, 15) is 4.79 Å². The molecule has 0 unspecified atom stereocenters. The Kier molecular flexibility index (Phi) is 4.06. The fourth-order valence-electron chi connectivity index (χ4n) is 2.44. The number of rotatable bonds is 3. The molecule has 0 spiro atoms. The molecule has 1 aliphatic rings. The van der Waals surface area contributed by atoms with Crippen LogP contribution < -0.4 is 10.6 Å². The van der Waals surface area contributed by atoms with E-state index in [2.05, 4.69) is 9.88 Å². The lowest BCUT2D eigenvalue weighted by Gasteiger charge is -2.34. The van der Waals surface area contributed by atoms with E-state index in [0.29, 0.717) is 6.42 Å². The quantitative estimate of drug-likeness (QED) is 0.875. The molecule has 1 aliphatic heterocycles. The van der Waals surface area contributed by atoms with Crippen LogP contribution in [0.3, 0.4) is 0 Å². The third kappa shape index (κ3) is 3.33. The molecule has 2 N–H and O–H groups in total. The lowest BCUT2D eigenvalue weighted by Crippen LogP contribution is -2.49. The number of carbonyl (C=O) groups is 1. The maximum atomic E-state index is 12.3. The van der Waals surface area contributed by atoms with Crippen LogP contribution in [0.5, 0.6) is 0 Å². The van der Waals surface area contributed by atoms with Crippen LogP contribution in [0.4, 0.5) is 10.8 Å². The summed E-state index contributed by atoms with van der Waals surface area (Å²) in [5.74, 6) is 0.179. The van der Waals surface area contributed by atoms with E-state index in [1.165, 1.54) is 0 Å². The summed E-state index contributed by atoms with van der Waals surface area (Å²) in [5, 5.41) is 3.02. The topological polar surface area (TPSA) is 62.5 Å². The fourth-order valence-corrected chi connectivity index (χ4v) is 3.14. The molecule has 2 aromatic rings. The van der Waals surface area contributed by atoms with Gasteiger partial charge in [0.1, 0.15) is 0 Å². The first-order chi connectivity index (χ1) is 10.2. The molecule has 110 valence electrons. The molecule has 5 nitrogen and oxygen atoms in total. The van der Waals surface area contributed by atoms with Gasteiger partial charge in [0.25, 0.3) is 0 Å². The van der Waals surface area contributed by atoms with E-state index in [1.807, 2.05) is 40.7 Å². The molecule has 0 atom stereocenters. The summed E-state index contributed by atoms with van der Waals surface area (Å²) in [4.78, 5) is 20.8. The molecule has 2 heterocycles. The summed E-state index contributed by atoms with van der Waals surface area (Å²) >= 11 is 1.64. The van der Waals surface area contributed by atoms with E-state index in [-0.39, 0.29) is 5.91 Å². The van der Waals surface area contributed by atoms with Crippen molar-refractivity contribution in [1.82, 2.24) is 9.88 Å². The fraction of sp³-hybridized carbons (Fsp3) is 0.333. The van der Waals surface area contributed by atoms with E-state index < -0.39 is 0 Å². The van der Waals surface area contributed by atoms with Crippen LogP contribution in [0.1, 0.15) is 5.56 Å². The average molecular weight is 302 g/mol. The van der Waals surface area contributed by atoms with E-state index >= 15 is 0 Å². The Morgan fingerprint density at radius 1 is 1.19 bits per heavy atom. The number of nitrogens with two attached hydrogens (primary N) is 1. The second-order valence-corrected chi connectivity index (χ2v) is 5.97. The third-order valence-electron chi connectivity index (χ3n) is 3.66. The number of carbonyl (C=O) groups excluding carboxylic acids is 1. The van der Waals surface area contributed by atoms with Crippen molar-refractivity contribution in [2.24, 2.45) is 0 Å². The van der Waals surface area contributed by atoms with Crippen LogP contribution in [0.25, 0.3) is 0 Å². The number of piperazine rings is 1. The van der Waals surface area contributed by atoms with Gasteiger partial charge in [-0.1, -0.05) is 12.1 Å². The van der Waals surface area contributed by atoms with Gasteiger partial charge in [0.15, 0.2) is 5.13 Å². The molecule has 0 radical (unpaired) electrons. The second-order valence-electron chi connectivity index (χ2n) is 5.10. The van der Waals surface area contributed by atoms with Gasteiger partial charge in [-0.15, -0.1) is 11.3 Å². The smallest absolute Gasteiger partial charge is 0.227 e. The highest BCUT2D eigenvalue weighted by Crippen LogP contribution is 2.19. The molecule has 1 aromatic heterocycles. The van der Waals surface area contributed by atoms with Gasteiger partial charge >= 0.3 is 0 Å². The molecular formula is C15H18N4OS. The van der Waals surface area contributed by atoms with Crippen molar-refractivity contribution in [2.75, 3.05) is 36.8 Å². The second kappa shape index (κ2) is 6.13. The average Bonchev–Trinajstić information content (AvgIpc) is 3.04. The van der Waals surface area contributed by atoms with E-state index in [4.69, 9.17) is 5.73 Å². The van der Waals surface area contributed by atoms with Crippen molar-refractivity contribution in [3.63, 3.8) is 0 Å². The van der Waals surface area contributed by atoms with Gasteiger partial charge in [-0.05, 0) is 17.7 Å². The van der Waals surface area contributed by atoms with Crippen LogP contribution in [0, 0.1) is 0 Å². The number of nitrogens with zero attached hydrogens (tertiary/aromatic N) is 3. The van der Waals surface area contributed by atoms with Crippen LogP contribution in [-0.2, 0) is 11.2 Å². The summed E-state index contributed by atoms with van der Waals surface area (Å²) in [6.45, 7) is 3.21. The molecule has 1 amide bonds. The standard InChI is InChI=1S/C15H18N4OS/c16-13-3-1-12(2-4-13)11-14(20)18-6-8-19(9-7-18)15-17-5-10-21-15/h1-5,10H,6-9,11,16H2. The van der Waals surface area contributed by atoms with Crippen molar-refractivity contribution in [3.8, 4) is 0 Å². The van der Waals surface area contributed by atoms with Gasteiger partial charge in [0.05, 0.1) is 6.42 Å². The maximum Gasteiger partial charge on any atom is 0.227 e. The molecule has 21 heavy (non-hydrogen) atoms. The number of benzene rings is 1. The Labute approximate surface area is 128 Å². The zero-order chi connectivity index (χ0) is 14.7. The summed E-state index contributed by atoms with van der Waals surface area (Å²) < 4.78 is 0. The van der Waals surface area contributed by atoms with Crippen LogP contribution in [-0.4, -0.2) is 42.0 Å². The minimum absolute atomic E-state index is 0.179. The van der Waals surface area contributed by atoms with Gasteiger partial charge in [0, 0.05) is 43.4 Å². The maximum absolute atomic E-state index is 12.3. The molecule has 1 saturated heterocycles. The number of nitrogen functional groups attached to an aromatic ring is 1. The van der Waals surface area contributed by atoms with Crippen molar-refractivity contribution >= 4 is 28.1 Å². The Bertz CT molecular complexity index is 589. The zero-order valence-corrected chi connectivity index (χ0v) is 12.6. The minimum atomic E-state index is 0.179. The van der Waals surface area contributed by atoms with Crippen molar-refractivity contribution < 1.29 is 4.79 Å². The predicted molar refractivity (Wildman–Crippen MR) is 85.5 cm³/mol. The number of hydrogen-bond acceptors (Lipinski definition) is 5. The highest BCUT2D eigenvalue weighted by molar-refractivity contribution is 7.13. The summed E-state index contributed by atoms with van der Waals surface area (Å²) in [6, 6.07) is 7.50. The lowest BCUT2D eigenvalue weighted by molar-refractivity contribution is -0.130. The van der Waals surface area contributed by atoms with Crippen LogP contribution >= 0.6 is 11.3 Å². The molecular weight excluding hydrogens is 284 g/mol. The van der Waals surface area contributed by atoms with Crippen molar-refractivity contribution in [1.29, 1.82) is 0 Å². The largest absolute Gasteiger partial charge is 0.399 e. The molecule has 3 rings (SSSR count). The molecule has 1 fully saturated rings. The van der Waals surface area contributed by atoms with Crippen molar-refractivity contribution in [2.45, 2.75) is 6.42 Å². The number of thiazole rings is 1. The molecule has 6 heteroatoms. The van der Waals surface area contributed by atoms with E-state index in [1.54, 1.807) is 11.3 Å². The summed E-state index contributed by atoms with van der Waals surface area (Å²) in [6.07, 6.45) is 2.26. The first-order valence-corrected chi connectivity index (χ1v) is 7.87. The Morgan fingerprint density at radius 3 is 2.52 bits per heavy atom. The van der Waals surface area contributed by atoms with Crippen LogP contribution in [0.15, 0.2) is 35.8 Å². The predicted octanol–water partition coefficient (Wildman–Crippen LogP) is 1.62. The Morgan fingerprint density at radius 2 is 1.90 bits per heavy atom. The number of aromatic nitrogens is 1. The summed E-state index contributed by atoms with van der Waals surface area (Å²) in [7, 11) is 0. The lowest BCUT2D eigenvalue weighted by atomic mass is 10.1. The normalized spacial score (nSPS) is 15.2.